The molecule has 0 saturated carbocycles. The van der Waals surface area contributed by atoms with Gasteiger partial charge in [0.05, 0.1) is 17.2 Å². The van der Waals surface area contributed by atoms with Crippen LogP contribution in [0.15, 0.2) is 59.2 Å². The van der Waals surface area contributed by atoms with Gasteiger partial charge >= 0.3 is 0 Å². The number of piperidine rings is 1. The van der Waals surface area contributed by atoms with Crippen LogP contribution in [-0.4, -0.2) is 47.3 Å². The predicted octanol–water partition coefficient (Wildman–Crippen LogP) is 2.90. The van der Waals surface area contributed by atoms with Crippen molar-refractivity contribution in [3.05, 3.63) is 66.2 Å². The van der Waals surface area contributed by atoms with Crippen molar-refractivity contribution in [2.75, 3.05) is 13.1 Å². The van der Waals surface area contributed by atoms with Crippen molar-refractivity contribution in [2.45, 2.75) is 23.8 Å². The maximum Gasteiger partial charge on any atom is 0.272 e. The summed E-state index contributed by atoms with van der Waals surface area (Å²) in [5.41, 5.74) is 2.19. The first-order valence-corrected chi connectivity index (χ1v) is 11.3. The van der Waals surface area contributed by atoms with Gasteiger partial charge in [-0.3, -0.25) is 9.48 Å². The molecular formula is C21H23N3O4S. The molecular weight excluding hydrogens is 390 g/mol. The maximum absolute atomic E-state index is 13.0. The molecule has 1 aromatic carbocycles. The predicted molar refractivity (Wildman–Crippen MR) is 109 cm³/mol. The van der Waals surface area contributed by atoms with Crippen LogP contribution in [0.25, 0.3) is 11.3 Å². The SMILES string of the molecule is Cn1nc(-c2ccccc2)cc1C(=O)N1CCC(S(=O)(=O)Cc2ccco2)CC1. The van der Waals surface area contributed by atoms with Crippen molar-refractivity contribution in [3.8, 4) is 11.3 Å². The first-order valence-electron chi connectivity index (χ1n) is 9.57. The van der Waals surface area contributed by atoms with Gasteiger partial charge in [0, 0.05) is 25.7 Å². The van der Waals surface area contributed by atoms with Crippen LogP contribution >= 0.6 is 0 Å². The molecule has 1 saturated heterocycles. The number of carbonyl (C=O) groups is 1. The van der Waals surface area contributed by atoms with Crippen LogP contribution in [0.1, 0.15) is 29.1 Å². The van der Waals surface area contributed by atoms with Crippen molar-refractivity contribution < 1.29 is 17.6 Å². The molecule has 8 heteroatoms. The zero-order valence-corrected chi connectivity index (χ0v) is 17.0. The highest BCUT2D eigenvalue weighted by atomic mass is 32.2. The fourth-order valence-electron chi connectivity index (χ4n) is 3.71. The van der Waals surface area contributed by atoms with Crippen LogP contribution in [0, 0.1) is 0 Å². The number of aryl methyl sites for hydroxylation is 1. The molecule has 3 aromatic rings. The average Bonchev–Trinajstić information content (AvgIpc) is 3.37. The molecule has 152 valence electrons. The van der Waals surface area contributed by atoms with Gasteiger partial charge in [0.15, 0.2) is 9.84 Å². The summed E-state index contributed by atoms with van der Waals surface area (Å²) < 4.78 is 32.0. The number of sulfone groups is 1. The molecule has 2 aromatic heterocycles. The summed E-state index contributed by atoms with van der Waals surface area (Å²) in [6, 6.07) is 14.8. The topological polar surface area (TPSA) is 85.4 Å². The Morgan fingerprint density at radius 1 is 1.14 bits per heavy atom. The second-order valence-electron chi connectivity index (χ2n) is 7.28. The highest BCUT2D eigenvalue weighted by Crippen LogP contribution is 2.24. The molecule has 0 bridgehead atoms. The van der Waals surface area contributed by atoms with E-state index in [0.29, 0.717) is 37.4 Å². The molecule has 0 radical (unpaired) electrons. The Morgan fingerprint density at radius 2 is 1.86 bits per heavy atom. The lowest BCUT2D eigenvalue weighted by molar-refractivity contribution is 0.0714. The molecule has 0 atom stereocenters. The summed E-state index contributed by atoms with van der Waals surface area (Å²) in [4.78, 5) is 14.7. The van der Waals surface area contributed by atoms with Gasteiger partial charge in [-0.1, -0.05) is 30.3 Å². The molecule has 4 rings (SSSR count). The standard InChI is InChI=1S/C21H23N3O4S/c1-23-20(14-19(22-23)16-6-3-2-4-7-16)21(25)24-11-9-18(10-12-24)29(26,27)15-17-8-5-13-28-17/h2-8,13-14,18H,9-12,15H2,1H3. The van der Waals surface area contributed by atoms with E-state index >= 15 is 0 Å². The number of carbonyl (C=O) groups excluding carboxylic acids is 1. The largest absolute Gasteiger partial charge is 0.468 e. The Labute approximate surface area is 169 Å². The van der Waals surface area contributed by atoms with Gasteiger partial charge in [-0.15, -0.1) is 0 Å². The molecule has 0 unspecified atom stereocenters. The highest BCUT2D eigenvalue weighted by molar-refractivity contribution is 7.91. The van der Waals surface area contributed by atoms with Gasteiger partial charge in [-0.05, 0) is 31.0 Å². The van der Waals surface area contributed by atoms with E-state index in [0.717, 1.165) is 11.3 Å². The molecule has 1 amide bonds. The van der Waals surface area contributed by atoms with E-state index in [4.69, 9.17) is 4.42 Å². The smallest absolute Gasteiger partial charge is 0.272 e. The third kappa shape index (κ3) is 4.12. The Morgan fingerprint density at radius 3 is 2.52 bits per heavy atom. The maximum atomic E-state index is 13.0. The Balaban J connectivity index is 1.42. The fourth-order valence-corrected chi connectivity index (χ4v) is 5.43. The number of hydrogen-bond donors (Lipinski definition) is 0. The van der Waals surface area contributed by atoms with E-state index in [2.05, 4.69) is 5.10 Å². The lowest BCUT2D eigenvalue weighted by atomic mass is 10.1. The number of hydrogen-bond acceptors (Lipinski definition) is 5. The number of likely N-dealkylation sites (tertiary alicyclic amines) is 1. The second-order valence-corrected chi connectivity index (χ2v) is 9.56. The molecule has 0 spiro atoms. The molecule has 0 N–H and O–H groups in total. The third-order valence-electron chi connectivity index (χ3n) is 5.33. The van der Waals surface area contributed by atoms with Crippen LogP contribution in [0.4, 0.5) is 0 Å². The minimum atomic E-state index is -3.31. The number of amides is 1. The number of benzene rings is 1. The minimum absolute atomic E-state index is 0.0964. The van der Waals surface area contributed by atoms with Crippen LogP contribution in [0.2, 0.25) is 0 Å². The molecule has 3 heterocycles. The quantitative estimate of drug-likeness (QED) is 0.642. The highest BCUT2D eigenvalue weighted by Gasteiger charge is 2.33. The Kier molecular flexibility index (Phi) is 5.27. The van der Waals surface area contributed by atoms with E-state index < -0.39 is 15.1 Å². The lowest BCUT2D eigenvalue weighted by Crippen LogP contribution is -2.43. The number of nitrogens with zero attached hydrogens (tertiary/aromatic N) is 3. The van der Waals surface area contributed by atoms with Crippen molar-refractivity contribution in [2.24, 2.45) is 7.05 Å². The Bertz CT molecular complexity index is 1080. The van der Waals surface area contributed by atoms with Gasteiger partial charge in [-0.25, -0.2) is 8.42 Å². The summed E-state index contributed by atoms with van der Waals surface area (Å²) in [6.07, 6.45) is 2.33. The van der Waals surface area contributed by atoms with E-state index in [1.54, 1.807) is 34.8 Å². The van der Waals surface area contributed by atoms with Gasteiger partial charge < -0.3 is 9.32 Å². The zero-order chi connectivity index (χ0) is 20.4. The summed E-state index contributed by atoms with van der Waals surface area (Å²) in [6.45, 7) is 0.819. The van der Waals surface area contributed by atoms with Gasteiger partial charge in [0.25, 0.3) is 5.91 Å². The monoisotopic (exact) mass is 413 g/mol. The van der Waals surface area contributed by atoms with E-state index in [9.17, 15) is 13.2 Å². The summed E-state index contributed by atoms with van der Waals surface area (Å²) in [5.74, 6) is 0.233. The Hall–Kier alpha value is -2.87. The van der Waals surface area contributed by atoms with Crippen molar-refractivity contribution in [1.29, 1.82) is 0 Å². The summed E-state index contributed by atoms with van der Waals surface area (Å²) in [5, 5.41) is 4.00. The number of aromatic nitrogens is 2. The van der Waals surface area contributed by atoms with E-state index in [1.165, 1.54) is 6.26 Å². The molecule has 1 fully saturated rings. The fraction of sp³-hybridized carbons (Fsp3) is 0.333. The third-order valence-corrected chi connectivity index (χ3v) is 7.50. The molecule has 1 aliphatic heterocycles. The molecule has 1 aliphatic rings. The van der Waals surface area contributed by atoms with Crippen molar-refractivity contribution >= 4 is 15.7 Å². The minimum Gasteiger partial charge on any atom is -0.468 e. The van der Waals surface area contributed by atoms with Gasteiger partial charge in [0.1, 0.15) is 17.2 Å². The average molecular weight is 413 g/mol. The van der Waals surface area contributed by atoms with Crippen molar-refractivity contribution in [1.82, 2.24) is 14.7 Å². The molecule has 0 aliphatic carbocycles. The first kappa shape index (κ1) is 19.4. The normalized spacial score (nSPS) is 15.6. The van der Waals surface area contributed by atoms with Crippen LogP contribution in [0.3, 0.4) is 0 Å². The first-order chi connectivity index (χ1) is 13.9. The second kappa shape index (κ2) is 7.87. The molecule has 29 heavy (non-hydrogen) atoms. The summed E-state index contributed by atoms with van der Waals surface area (Å²) in [7, 11) is -1.56. The van der Waals surface area contributed by atoms with E-state index in [-0.39, 0.29) is 11.7 Å². The number of furan rings is 1. The van der Waals surface area contributed by atoms with E-state index in [1.807, 2.05) is 30.3 Å². The van der Waals surface area contributed by atoms with Gasteiger partial charge in [-0.2, -0.15) is 5.10 Å². The summed E-state index contributed by atoms with van der Waals surface area (Å²) >= 11 is 0. The van der Waals surface area contributed by atoms with Crippen LogP contribution in [-0.2, 0) is 22.6 Å². The lowest BCUT2D eigenvalue weighted by Gasteiger charge is -2.31. The molecule has 7 nitrogen and oxygen atoms in total. The number of rotatable bonds is 5. The van der Waals surface area contributed by atoms with Crippen LogP contribution in [0.5, 0.6) is 0 Å². The van der Waals surface area contributed by atoms with Crippen LogP contribution < -0.4 is 0 Å². The van der Waals surface area contributed by atoms with Gasteiger partial charge in [0.2, 0.25) is 0 Å². The zero-order valence-electron chi connectivity index (χ0n) is 16.2. The van der Waals surface area contributed by atoms with Crippen molar-refractivity contribution in [3.63, 3.8) is 0 Å².